The van der Waals surface area contributed by atoms with Gasteiger partial charge in [-0.2, -0.15) is 0 Å². The van der Waals surface area contributed by atoms with Crippen molar-refractivity contribution in [2.24, 2.45) is 0 Å². The first-order valence-corrected chi connectivity index (χ1v) is 2.30. The summed E-state index contributed by atoms with van der Waals surface area (Å²) in [5, 5.41) is 16.2. The number of hydrogen-bond donors (Lipinski definition) is 3. The van der Waals surface area contributed by atoms with E-state index < -0.39 is 18.6 Å². The smallest absolute Gasteiger partial charge is 0.324 e. The number of carbonyl (C=O) groups is 1. The van der Waals surface area contributed by atoms with Gasteiger partial charge in [0.15, 0.2) is 0 Å². The van der Waals surface area contributed by atoms with Gasteiger partial charge >= 0.3 is 5.97 Å². The molecule has 1 atom stereocenters. The number of aliphatic hydroxyl groups is 1. The average molecular weight is 140 g/mol. The fourth-order valence-electron chi connectivity index (χ4n) is 0.159. The van der Waals surface area contributed by atoms with Crippen LogP contribution < -0.4 is 4.84 Å². The Balaban J connectivity index is 3.52. The summed E-state index contributed by atoms with van der Waals surface area (Å²) in [4.78, 5) is 11.7. The van der Waals surface area contributed by atoms with E-state index >= 15 is 0 Å². The van der Waals surface area contributed by atoms with Crippen LogP contribution in [0.2, 0.25) is 0 Å². The van der Waals surface area contributed by atoms with Gasteiger partial charge in [0.1, 0.15) is 6.04 Å². The molecular weight excluding hydrogens is 133 g/mol. The van der Waals surface area contributed by atoms with Crippen LogP contribution in [0, 0.1) is 0 Å². The zero-order valence-corrected chi connectivity index (χ0v) is 4.72. The maximum absolute atomic E-state index is 9.85. The van der Waals surface area contributed by atoms with Crippen LogP contribution in [-0.2, 0) is 4.79 Å². The third kappa shape index (κ3) is 2.11. The summed E-state index contributed by atoms with van der Waals surface area (Å²) >= 11 is 4.87. The number of halogens is 1. The van der Waals surface area contributed by atoms with Crippen LogP contribution in [0.1, 0.15) is 0 Å². The van der Waals surface area contributed by atoms with E-state index in [0.717, 1.165) is 0 Å². The monoisotopic (exact) mass is 139 g/mol. The molecule has 48 valence electrons. The molecular formula is C3H6ClNO3. The van der Waals surface area contributed by atoms with E-state index in [1.807, 2.05) is 4.84 Å². The van der Waals surface area contributed by atoms with Gasteiger partial charge in [-0.3, -0.25) is 4.79 Å². The van der Waals surface area contributed by atoms with Crippen LogP contribution in [0.3, 0.4) is 0 Å². The van der Waals surface area contributed by atoms with Crippen molar-refractivity contribution in [3.05, 3.63) is 0 Å². The number of hydrogen-bond acceptors (Lipinski definition) is 3. The summed E-state index contributed by atoms with van der Waals surface area (Å²) in [6.45, 7) is -0.501. The first kappa shape index (κ1) is 7.68. The number of aliphatic carboxylic acids is 1. The number of aliphatic hydroxyl groups excluding tert-OH is 1. The molecule has 0 radical (unpaired) electrons. The highest BCUT2D eigenvalue weighted by Crippen LogP contribution is 1.81. The van der Waals surface area contributed by atoms with Gasteiger partial charge in [0.25, 0.3) is 0 Å². The topological polar surface area (TPSA) is 69.6 Å². The molecule has 0 aromatic rings. The Morgan fingerprint density at radius 3 is 2.38 bits per heavy atom. The molecule has 0 aromatic heterocycles. The van der Waals surface area contributed by atoms with Gasteiger partial charge < -0.3 is 10.2 Å². The number of carboxylic acids is 1. The van der Waals surface area contributed by atoms with Gasteiger partial charge in [0.05, 0.1) is 6.61 Å². The van der Waals surface area contributed by atoms with E-state index in [-0.39, 0.29) is 0 Å². The normalized spacial score (nSPS) is 13.2. The Labute approximate surface area is 51.2 Å². The van der Waals surface area contributed by atoms with Crippen LogP contribution in [-0.4, -0.2) is 28.8 Å². The van der Waals surface area contributed by atoms with Crippen LogP contribution in [0.15, 0.2) is 0 Å². The lowest BCUT2D eigenvalue weighted by Crippen LogP contribution is -2.33. The van der Waals surface area contributed by atoms with E-state index in [2.05, 4.69) is 0 Å². The summed E-state index contributed by atoms with van der Waals surface area (Å²) in [5.74, 6) is -1.16. The quantitative estimate of drug-likeness (QED) is 0.447. The van der Waals surface area contributed by atoms with Crippen molar-refractivity contribution in [2.45, 2.75) is 6.04 Å². The average Bonchev–Trinajstić information content (AvgIpc) is 1.69. The Kier molecular flexibility index (Phi) is 3.51. The van der Waals surface area contributed by atoms with E-state index in [1.165, 1.54) is 0 Å². The highest BCUT2D eigenvalue weighted by Gasteiger charge is 2.12. The van der Waals surface area contributed by atoms with E-state index in [0.29, 0.717) is 0 Å². The zero-order valence-electron chi connectivity index (χ0n) is 3.97. The minimum absolute atomic E-state index is 0.501. The molecule has 1 unspecified atom stereocenters. The van der Waals surface area contributed by atoms with Gasteiger partial charge in [0.2, 0.25) is 0 Å². The Morgan fingerprint density at radius 1 is 1.88 bits per heavy atom. The maximum Gasteiger partial charge on any atom is 0.324 e. The fourth-order valence-corrected chi connectivity index (χ4v) is 0.322. The summed E-state index contributed by atoms with van der Waals surface area (Å²) < 4.78 is 0. The van der Waals surface area contributed by atoms with Crippen molar-refractivity contribution < 1.29 is 15.0 Å². The van der Waals surface area contributed by atoms with Crippen molar-refractivity contribution in [1.29, 1.82) is 0 Å². The lowest BCUT2D eigenvalue weighted by Gasteiger charge is -2.02. The van der Waals surface area contributed by atoms with Crippen LogP contribution in [0.4, 0.5) is 0 Å². The summed E-state index contributed by atoms with van der Waals surface area (Å²) in [5.41, 5.74) is 0. The lowest BCUT2D eigenvalue weighted by atomic mass is 10.3. The van der Waals surface area contributed by atoms with Crippen molar-refractivity contribution in [1.82, 2.24) is 4.84 Å². The minimum Gasteiger partial charge on any atom is -0.480 e. The maximum atomic E-state index is 9.85. The summed E-state index contributed by atoms with van der Waals surface area (Å²) in [6.07, 6.45) is 0. The Morgan fingerprint density at radius 2 is 2.38 bits per heavy atom. The third-order valence-corrected chi connectivity index (χ3v) is 0.876. The molecule has 0 aliphatic rings. The molecule has 0 bridgehead atoms. The van der Waals surface area contributed by atoms with E-state index in [9.17, 15) is 4.79 Å². The molecule has 0 fully saturated rings. The lowest BCUT2D eigenvalue weighted by molar-refractivity contribution is -0.139. The molecule has 0 aliphatic heterocycles. The molecule has 3 N–H and O–H groups in total. The number of nitrogens with one attached hydrogen (secondary N) is 1. The van der Waals surface area contributed by atoms with Gasteiger partial charge in [0, 0.05) is 0 Å². The summed E-state index contributed by atoms with van der Waals surface area (Å²) in [7, 11) is 0. The molecule has 0 saturated carbocycles. The minimum atomic E-state index is -1.16. The second kappa shape index (κ2) is 3.65. The van der Waals surface area contributed by atoms with E-state index in [1.54, 1.807) is 0 Å². The molecule has 4 nitrogen and oxygen atoms in total. The van der Waals surface area contributed by atoms with Crippen molar-refractivity contribution in [3.63, 3.8) is 0 Å². The molecule has 0 spiro atoms. The molecule has 8 heavy (non-hydrogen) atoms. The number of rotatable bonds is 3. The van der Waals surface area contributed by atoms with Gasteiger partial charge in [-0.1, -0.05) is 0 Å². The van der Waals surface area contributed by atoms with Gasteiger partial charge in [-0.15, -0.1) is 0 Å². The van der Waals surface area contributed by atoms with Gasteiger partial charge in [-0.05, 0) is 11.8 Å². The van der Waals surface area contributed by atoms with Crippen LogP contribution >= 0.6 is 11.8 Å². The van der Waals surface area contributed by atoms with E-state index in [4.69, 9.17) is 22.0 Å². The first-order valence-electron chi connectivity index (χ1n) is 1.92. The van der Waals surface area contributed by atoms with Crippen molar-refractivity contribution in [3.8, 4) is 0 Å². The highest BCUT2D eigenvalue weighted by atomic mass is 35.5. The Bertz CT molecular complexity index is 82.6. The molecule has 0 heterocycles. The summed E-state index contributed by atoms with van der Waals surface area (Å²) in [6, 6.07) is -1.06. The van der Waals surface area contributed by atoms with Crippen LogP contribution in [0.5, 0.6) is 0 Å². The standard InChI is InChI=1S/C3H6ClNO3/c4-5-2(1-6)3(7)8/h2,5-6H,1H2,(H,7,8). The predicted molar refractivity (Wildman–Crippen MR) is 27.5 cm³/mol. The SMILES string of the molecule is O=C(O)C(CO)NCl. The molecule has 0 aliphatic carbocycles. The molecule has 5 heteroatoms. The molecule has 0 rings (SSSR count). The molecule has 0 saturated heterocycles. The zero-order chi connectivity index (χ0) is 6.57. The molecule has 0 amide bonds. The third-order valence-electron chi connectivity index (χ3n) is 0.612. The number of carboxylic acid groups (broad SMARTS) is 1. The second-order valence-electron chi connectivity index (χ2n) is 1.18. The van der Waals surface area contributed by atoms with Crippen molar-refractivity contribution in [2.75, 3.05) is 6.61 Å². The van der Waals surface area contributed by atoms with Crippen LogP contribution in [0.25, 0.3) is 0 Å². The predicted octanol–water partition coefficient (Wildman–Crippen LogP) is -0.825. The largest absolute Gasteiger partial charge is 0.480 e. The Hall–Kier alpha value is -0.320. The second-order valence-corrected chi connectivity index (χ2v) is 1.40. The molecule has 0 aromatic carbocycles. The fraction of sp³-hybridized carbons (Fsp3) is 0.667. The van der Waals surface area contributed by atoms with Gasteiger partial charge in [-0.25, -0.2) is 4.84 Å². The highest BCUT2D eigenvalue weighted by molar-refractivity contribution is 6.14. The first-order chi connectivity index (χ1) is 3.72. The van der Waals surface area contributed by atoms with Crippen molar-refractivity contribution >= 4 is 17.7 Å².